The van der Waals surface area contributed by atoms with Gasteiger partial charge in [0.05, 0.1) is 5.69 Å². The summed E-state index contributed by atoms with van der Waals surface area (Å²) < 4.78 is 1.70. The van der Waals surface area contributed by atoms with Gasteiger partial charge in [0.2, 0.25) is 5.16 Å². The fourth-order valence-corrected chi connectivity index (χ4v) is 4.99. The molecule has 1 heterocycles. The molecule has 24 heavy (non-hydrogen) atoms. The molecule has 2 aliphatic rings. The van der Waals surface area contributed by atoms with Crippen LogP contribution in [0.2, 0.25) is 0 Å². The zero-order chi connectivity index (χ0) is 16.9. The molecule has 4 rings (SSSR count). The van der Waals surface area contributed by atoms with Crippen LogP contribution in [0.4, 0.5) is 0 Å². The van der Waals surface area contributed by atoms with Gasteiger partial charge in [0.1, 0.15) is 0 Å². The van der Waals surface area contributed by atoms with E-state index in [2.05, 4.69) is 36.3 Å². The van der Waals surface area contributed by atoms with Crippen molar-refractivity contribution in [2.24, 2.45) is 16.7 Å². The maximum absolute atomic E-state index is 12.9. The average Bonchev–Trinajstić information content (AvgIpc) is 3.17. The lowest BCUT2D eigenvalue weighted by atomic mass is 9.70. The predicted molar refractivity (Wildman–Crippen MR) is 92.7 cm³/mol. The minimum Gasteiger partial charge on any atom is -0.294 e. The lowest BCUT2D eigenvalue weighted by molar-refractivity contribution is -0.125. The van der Waals surface area contributed by atoms with E-state index in [1.807, 2.05) is 35.7 Å². The quantitative estimate of drug-likeness (QED) is 0.630. The molecule has 0 unspecified atom stereocenters. The summed E-state index contributed by atoms with van der Waals surface area (Å²) in [6.07, 6.45) is 2.08. The first kappa shape index (κ1) is 15.6. The molecule has 0 spiro atoms. The van der Waals surface area contributed by atoms with Crippen molar-refractivity contribution < 1.29 is 4.79 Å². The number of para-hydroxylation sites is 1. The van der Waals surface area contributed by atoms with Crippen LogP contribution in [0.1, 0.15) is 33.6 Å². The summed E-state index contributed by atoms with van der Waals surface area (Å²) in [7, 11) is 0. The molecule has 2 aromatic rings. The van der Waals surface area contributed by atoms with E-state index < -0.39 is 0 Å². The lowest BCUT2D eigenvalue weighted by Gasteiger charge is -2.31. The van der Waals surface area contributed by atoms with Gasteiger partial charge in [0.25, 0.3) is 0 Å². The number of fused-ring (bicyclic) bond motifs is 2. The van der Waals surface area contributed by atoms with Crippen molar-refractivity contribution in [2.45, 2.75) is 38.8 Å². The molecule has 1 aromatic heterocycles. The van der Waals surface area contributed by atoms with Crippen LogP contribution < -0.4 is 0 Å². The molecule has 0 N–H and O–H groups in total. The molecule has 0 aliphatic heterocycles. The number of hydrogen-bond acceptors (Lipinski definition) is 5. The molecule has 0 radical (unpaired) electrons. The van der Waals surface area contributed by atoms with Crippen molar-refractivity contribution in [3.05, 3.63) is 41.3 Å². The van der Waals surface area contributed by atoms with E-state index in [4.69, 9.17) is 0 Å². The van der Waals surface area contributed by atoms with E-state index in [0.717, 1.165) is 24.1 Å². The molecule has 5 nitrogen and oxygen atoms in total. The van der Waals surface area contributed by atoms with Gasteiger partial charge in [-0.05, 0) is 52.1 Å². The Kier molecular flexibility index (Phi) is 3.42. The van der Waals surface area contributed by atoms with Gasteiger partial charge in [0.15, 0.2) is 5.78 Å². The van der Waals surface area contributed by atoms with Crippen LogP contribution in [0.25, 0.3) is 5.69 Å². The number of rotatable bonds is 3. The van der Waals surface area contributed by atoms with Crippen LogP contribution in [-0.2, 0) is 4.79 Å². The second-order valence-electron chi connectivity index (χ2n) is 7.37. The number of allylic oxidation sites excluding steroid dienone is 1. The van der Waals surface area contributed by atoms with Crippen molar-refractivity contribution in [1.29, 1.82) is 0 Å². The second kappa shape index (κ2) is 5.28. The van der Waals surface area contributed by atoms with E-state index in [-0.39, 0.29) is 10.8 Å². The zero-order valence-corrected chi connectivity index (χ0v) is 14.9. The number of carbonyl (C=O) groups is 1. The smallest absolute Gasteiger partial charge is 0.218 e. The minimum atomic E-state index is -0.227. The molecule has 1 aromatic carbocycles. The highest BCUT2D eigenvalue weighted by Crippen LogP contribution is 2.65. The highest BCUT2D eigenvalue weighted by molar-refractivity contribution is 8.02. The Morgan fingerprint density at radius 2 is 2.00 bits per heavy atom. The molecule has 124 valence electrons. The Balaban J connectivity index is 1.64. The molecule has 2 aliphatic carbocycles. The van der Waals surface area contributed by atoms with Gasteiger partial charge in [-0.2, -0.15) is 4.68 Å². The third kappa shape index (κ3) is 2.02. The molecule has 0 saturated heterocycles. The topological polar surface area (TPSA) is 60.7 Å². The van der Waals surface area contributed by atoms with E-state index >= 15 is 0 Å². The maximum atomic E-state index is 12.9. The van der Waals surface area contributed by atoms with E-state index in [9.17, 15) is 4.79 Å². The van der Waals surface area contributed by atoms with Gasteiger partial charge in [0, 0.05) is 11.0 Å². The molecular weight excluding hydrogens is 320 g/mol. The van der Waals surface area contributed by atoms with Crippen LogP contribution in [0.5, 0.6) is 0 Å². The van der Waals surface area contributed by atoms with Gasteiger partial charge < -0.3 is 0 Å². The number of hydrogen-bond donors (Lipinski definition) is 0. The fraction of sp³-hybridized carbons (Fsp3) is 0.444. The first-order valence-corrected chi connectivity index (χ1v) is 9.08. The number of tetrazole rings is 1. The van der Waals surface area contributed by atoms with Crippen LogP contribution in [0.3, 0.4) is 0 Å². The van der Waals surface area contributed by atoms with Crippen molar-refractivity contribution >= 4 is 17.5 Å². The fourth-order valence-electron chi connectivity index (χ4n) is 4.16. The highest BCUT2D eigenvalue weighted by atomic mass is 32.2. The van der Waals surface area contributed by atoms with E-state index in [1.54, 1.807) is 4.68 Å². The third-order valence-electron chi connectivity index (χ3n) is 6.10. The predicted octanol–water partition coefficient (Wildman–Crippen LogP) is 3.66. The van der Waals surface area contributed by atoms with Gasteiger partial charge in [-0.1, -0.05) is 50.7 Å². The van der Waals surface area contributed by atoms with Crippen molar-refractivity contribution in [2.75, 3.05) is 0 Å². The van der Waals surface area contributed by atoms with Gasteiger partial charge in [-0.15, -0.1) is 5.10 Å². The summed E-state index contributed by atoms with van der Waals surface area (Å²) in [6.45, 7) is 6.57. The van der Waals surface area contributed by atoms with Gasteiger partial charge in [-0.25, -0.2) is 0 Å². The number of thioether (sulfide) groups is 1. The lowest BCUT2D eigenvalue weighted by Crippen LogP contribution is -2.32. The van der Waals surface area contributed by atoms with Crippen molar-refractivity contribution in [3.8, 4) is 5.69 Å². The Hall–Kier alpha value is -1.95. The van der Waals surface area contributed by atoms with Crippen molar-refractivity contribution in [1.82, 2.24) is 20.2 Å². The van der Waals surface area contributed by atoms with E-state index in [1.165, 1.54) is 11.8 Å². The standard InChI is InChI=1S/C18H20N4OS/c1-17(2)14-9-10-18(17,3)15(23)13(14)11-24-16-19-20-21-22(16)12-7-5-4-6-8-12/h4-8,11,14H,9-10H2,1-3H3/b13-11-/t14-,18-/m1/s1. The number of aromatic nitrogens is 4. The monoisotopic (exact) mass is 340 g/mol. The number of carbonyl (C=O) groups excluding carboxylic acids is 1. The van der Waals surface area contributed by atoms with Crippen LogP contribution in [-0.4, -0.2) is 26.0 Å². The summed E-state index contributed by atoms with van der Waals surface area (Å²) in [5.74, 6) is 0.638. The third-order valence-corrected chi connectivity index (χ3v) is 6.94. The molecule has 2 saturated carbocycles. The summed E-state index contributed by atoms with van der Waals surface area (Å²) in [6, 6.07) is 9.78. The Morgan fingerprint density at radius 1 is 1.25 bits per heavy atom. The van der Waals surface area contributed by atoms with Crippen LogP contribution in [0.15, 0.2) is 46.5 Å². The minimum absolute atomic E-state index is 0.0296. The van der Waals surface area contributed by atoms with Crippen LogP contribution >= 0.6 is 11.8 Å². The Labute approximate surface area is 145 Å². The summed E-state index contributed by atoms with van der Waals surface area (Å²) in [4.78, 5) is 12.9. The number of Topliss-reactive ketones (excluding diaryl/α,β-unsaturated/α-hetero) is 1. The van der Waals surface area contributed by atoms with Gasteiger partial charge >= 0.3 is 0 Å². The molecule has 2 bridgehead atoms. The number of nitrogens with zero attached hydrogens (tertiary/aromatic N) is 4. The van der Waals surface area contributed by atoms with Crippen LogP contribution in [0, 0.1) is 16.7 Å². The SMILES string of the molecule is CC1(C)[C@@H]2CC[C@]1(C)C(=O)/C2=C\Sc1nnnn1-c1ccccc1. The van der Waals surface area contributed by atoms with Crippen molar-refractivity contribution in [3.63, 3.8) is 0 Å². The molecule has 0 amide bonds. The maximum Gasteiger partial charge on any atom is 0.218 e. The Bertz CT molecular complexity index is 827. The highest BCUT2D eigenvalue weighted by Gasteiger charge is 2.63. The second-order valence-corrected chi connectivity index (χ2v) is 8.21. The molecule has 2 fully saturated rings. The largest absolute Gasteiger partial charge is 0.294 e. The molecule has 2 atom stereocenters. The van der Waals surface area contributed by atoms with E-state index in [0.29, 0.717) is 16.9 Å². The zero-order valence-electron chi connectivity index (χ0n) is 14.1. The Morgan fingerprint density at radius 3 is 2.67 bits per heavy atom. The first-order chi connectivity index (χ1) is 11.4. The molecular formula is C18H20N4OS. The summed E-state index contributed by atoms with van der Waals surface area (Å²) in [5.41, 5.74) is 1.66. The first-order valence-electron chi connectivity index (χ1n) is 8.20. The summed E-state index contributed by atoms with van der Waals surface area (Å²) >= 11 is 1.43. The molecule has 6 heteroatoms. The van der Waals surface area contributed by atoms with Gasteiger partial charge in [-0.3, -0.25) is 4.79 Å². The average molecular weight is 340 g/mol. The summed E-state index contributed by atoms with van der Waals surface area (Å²) in [5, 5.41) is 14.6. The number of ketones is 1. The normalized spacial score (nSPS) is 29.5. The number of benzene rings is 1.